The number of ether oxygens (including phenoxy) is 1. The molecule has 0 saturated heterocycles. The summed E-state index contributed by atoms with van der Waals surface area (Å²) in [7, 11) is 1.69. The van der Waals surface area contributed by atoms with E-state index >= 15 is 0 Å². The molecule has 0 rings (SSSR count). The molecule has 0 radical (unpaired) electrons. The molecule has 0 aromatic heterocycles. The molecule has 0 aromatic rings. The van der Waals surface area contributed by atoms with Gasteiger partial charge in [0.2, 0.25) is 0 Å². The van der Waals surface area contributed by atoms with Crippen molar-refractivity contribution in [3.63, 3.8) is 0 Å². The fourth-order valence-corrected chi connectivity index (χ4v) is 1.50. The van der Waals surface area contributed by atoms with Crippen LogP contribution in [0.15, 0.2) is 35.1 Å². The fraction of sp³-hybridized carbons (Fsp3) is 0.625. The Balaban J connectivity index is 0. The van der Waals surface area contributed by atoms with Gasteiger partial charge in [-0.3, -0.25) is 0 Å². The van der Waals surface area contributed by atoms with E-state index in [2.05, 4.69) is 32.9 Å². The monoisotopic (exact) mass is 271 g/mol. The quantitative estimate of drug-likeness (QED) is 0.287. The summed E-state index contributed by atoms with van der Waals surface area (Å²) in [6.45, 7) is 10.6. The van der Waals surface area contributed by atoms with Crippen LogP contribution in [0.25, 0.3) is 0 Å². The molecule has 0 heterocycles. The van der Waals surface area contributed by atoms with E-state index in [9.17, 15) is 4.48 Å². The molecule has 0 saturated carbocycles. The first-order chi connectivity index (χ1) is 9.15. The molecule has 0 amide bonds. The van der Waals surface area contributed by atoms with E-state index in [4.69, 9.17) is 4.74 Å². The Hall–Kier alpha value is -1.09. The van der Waals surface area contributed by atoms with Gasteiger partial charge in [-0.05, 0) is 26.7 Å². The van der Waals surface area contributed by atoms with Crippen molar-refractivity contribution in [2.75, 3.05) is 13.7 Å². The number of allylic oxidation sites excluding steroid dienone is 6. The largest absolute Gasteiger partial charge is 0.500 e. The van der Waals surface area contributed by atoms with Crippen LogP contribution in [0.3, 0.4) is 0 Å². The van der Waals surface area contributed by atoms with Crippen LogP contribution in [0.4, 0.5) is 4.48 Å². The van der Waals surface area contributed by atoms with E-state index in [1.807, 2.05) is 19.9 Å². The second-order valence-electron chi connectivity index (χ2n) is 4.09. The van der Waals surface area contributed by atoms with Crippen LogP contribution in [-0.2, 0) is 4.74 Å². The molecule has 0 aliphatic heterocycles. The molecule has 19 heavy (non-hydrogen) atoms. The molecule has 0 fully saturated rings. The third kappa shape index (κ3) is 11.7. The predicted molar refractivity (Wildman–Crippen MR) is 82.6 cm³/mol. The van der Waals surface area contributed by atoms with Crippen LogP contribution >= 0.6 is 0 Å². The number of rotatable bonds is 8. The van der Waals surface area contributed by atoms with Crippen molar-refractivity contribution in [1.82, 2.24) is 5.54 Å². The summed E-state index contributed by atoms with van der Waals surface area (Å²) in [6, 6.07) is 0. The maximum atomic E-state index is 11.7. The van der Waals surface area contributed by atoms with Crippen molar-refractivity contribution >= 4 is 0 Å². The molecule has 112 valence electrons. The summed E-state index contributed by atoms with van der Waals surface area (Å²) in [6.07, 6.45) is 8.73. The SMILES string of the molecule is CC.CC/C(OC)=C(C=C(C)C)/C=C/CCCNF. The van der Waals surface area contributed by atoms with Gasteiger partial charge in [0, 0.05) is 18.5 Å². The first-order valence-corrected chi connectivity index (χ1v) is 7.07. The Labute approximate surface area is 118 Å². The van der Waals surface area contributed by atoms with Crippen LogP contribution < -0.4 is 5.54 Å². The van der Waals surface area contributed by atoms with Gasteiger partial charge < -0.3 is 4.74 Å². The van der Waals surface area contributed by atoms with Crippen LogP contribution in [0.5, 0.6) is 0 Å². The van der Waals surface area contributed by atoms with Crippen LogP contribution in [0.1, 0.15) is 53.9 Å². The average Bonchev–Trinajstić information content (AvgIpc) is 2.41. The zero-order valence-corrected chi connectivity index (χ0v) is 13.3. The predicted octanol–water partition coefficient (Wildman–Crippen LogP) is 5.10. The lowest BCUT2D eigenvalue weighted by atomic mass is 10.1. The second kappa shape index (κ2) is 15.0. The molecule has 0 atom stereocenters. The molecule has 0 aliphatic rings. The highest BCUT2D eigenvalue weighted by atomic mass is 19.2. The summed E-state index contributed by atoms with van der Waals surface area (Å²) in [4.78, 5) is 0. The number of unbranched alkanes of at least 4 members (excludes halogenated alkanes) is 1. The normalized spacial score (nSPS) is 11.5. The maximum absolute atomic E-state index is 11.7. The van der Waals surface area contributed by atoms with E-state index in [0.717, 1.165) is 30.6 Å². The number of halogens is 1. The van der Waals surface area contributed by atoms with Crippen molar-refractivity contribution < 1.29 is 9.22 Å². The molecule has 1 N–H and O–H groups in total. The number of hydrogen-bond acceptors (Lipinski definition) is 2. The number of hydrogen-bond donors (Lipinski definition) is 1. The van der Waals surface area contributed by atoms with E-state index < -0.39 is 0 Å². The molecule has 0 bridgehead atoms. The molecule has 0 aromatic carbocycles. The maximum Gasteiger partial charge on any atom is 0.102 e. The smallest absolute Gasteiger partial charge is 0.102 e. The van der Waals surface area contributed by atoms with Crippen LogP contribution in [-0.4, -0.2) is 13.7 Å². The fourth-order valence-electron chi connectivity index (χ4n) is 1.50. The van der Waals surface area contributed by atoms with Gasteiger partial charge in [-0.2, -0.15) is 5.54 Å². The molecule has 2 nitrogen and oxygen atoms in total. The van der Waals surface area contributed by atoms with Crippen molar-refractivity contribution in [3.8, 4) is 0 Å². The lowest BCUT2D eigenvalue weighted by Gasteiger charge is -2.07. The lowest BCUT2D eigenvalue weighted by Crippen LogP contribution is -2.00. The van der Waals surface area contributed by atoms with E-state index in [1.54, 1.807) is 12.6 Å². The van der Waals surface area contributed by atoms with Crippen LogP contribution in [0, 0.1) is 0 Å². The number of nitrogens with one attached hydrogen (secondary N) is 1. The van der Waals surface area contributed by atoms with E-state index in [-0.39, 0.29) is 0 Å². The van der Waals surface area contributed by atoms with Gasteiger partial charge in [-0.15, -0.1) is 4.48 Å². The van der Waals surface area contributed by atoms with Gasteiger partial charge in [0.25, 0.3) is 0 Å². The molecule has 0 unspecified atom stereocenters. The zero-order valence-electron chi connectivity index (χ0n) is 13.3. The van der Waals surface area contributed by atoms with Gasteiger partial charge in [0.05, 0.1) is 7.11 Å². The van der Waals surface area contributed by atoms with E-state index in [1.165, 1.54) is 5.57 Å². The summed E-state index contributed by atoms with van der Waals surface area (Å²) < 4.78 is 17.0. The van der Waals surface area contributed by atoms with Crippen molar-refractivity contribution in [3.05, 3.63) is 35.1 Å². The van der Waals surface area contributed by atoms with Crippen molar-refractivity contribution in [2.45, 2.75) is 53.9 Å². The Morgan fingerprint density at radius 1 is 1.26 bits per heavy atom. The van der Waals surface area contributed by atoms with Crippen molar-refractivity contribution in [1.29, 1.82) is 0 Å². The molecule has 3 heteroatoms. The molecule has 0 aliphatic carbocycles. The Kier molecular flexibility index (Phi) is 15.9. The minimum Gasteiger partial charge on any atom is -0.500 e. The van der Waals surface area contributed by atoms with Crippen LogP contribution in [0.2, 0.25) is 0 Å². The first-order valence-electron chi connectivity index (χ1n) is 7.07. The second-order valence-corrected chi connectivity index (χ2v) is 4.09. The summed E-state index contributed by atoms with van der Waals surface area (Å²) in [5.74, 6) is 0.978. The van der Waals surface area contributed by atoms with Gasteiger partial charge in [0.15, 0.2) is 0 Å². The van der Waals surface area contributed by atoms with Gasteiger partial charge in [-0.1, -0.05) is 44.6 Å². The average molecular weight is 271 g/mol. The minimum absolute atomic E-state index is 0.400. The highest BCUT2D eigenvalue weighted by Gasteiger charge is 1.99. The first kappa shape index (κ1) is 20.2. The van der Waals surface area contributed by atoms with Gasteiger partial charge >= 0.3 is 0 Å². The summed E-state index contributed by atoms with van der Waals surface area (Å²) in [5.41, 5.74) is 3.99. The Bertz CT molecular complexity index is 283. The lowest BCUT2D eigenvalue weighted by molar-refractivity contribution is 0.278. The van der Waals surface area contributed by atoms with Crippen molar-refractivity contribution in [2.24, 2.45) is 0 Å². The molecular formula is C16H30FNO. The highest BCUT2D eigenvalue weighted by Crippen LogP contribution is 2.15. The highest BCUT2D eigenvalue weighted by molar-refractivity contribution is 5.35. The molecule has 0 spiro atoms. The molecular weight excluding hydrogens is 241 g/mol. The van der Waals surface area contributed by atoms with Gasteiger partial charge in [-0.25, -0.2) is 0 Å². The summed E-state index contributed by atoms with van der Waals surface area (Å²) in [5, 5.41) is 0. The van der Waals surface area contributed by atoms with Gasteiger partial charge in [0.1, 0.15) is 5.76 Å². The standard InChI is InChI=1S/C14H24FNO.C2H6/c1-5-14(17-4)13(11-12(2)3)9-7-6-8-10-16-15;1-2/h7,9,11,16H,5-6,8,10H2,1-4H3;1-2H3/b9-7+,14-13+;. The number of methoxy groups -OCH3 is 1. The third-order valence-corrected chi connectivity index (χ3v) is 2.27. The summed E-state index contributed by atoms with van der Waals surface area (Å²) >= 11 is 0. The topological polar surface area (TPSA) is 21.3 Å². The Morgan fingerprint density at radius 2 is 1.89 bits per heavy atom. The Morgan fingerprint density at radius 3 is 2.32 bits per heavy atom. The minimum atomic E-state index is 0.400. The third-order valence-electron chi connectivity index (χ3n) is 2.27. The van der Waals surface area contributed by atoms with E-state index in [0.29, 0.717) is 6.54 Å². The zero-order chi connectivity index (χ0) is 15.1.